The van der Waals surface area contributed by atoms with E-state index in [1.807, 2.05) is 24.3 Å². The number of benzene rings is 3. The molecule has 6 nitrogen and oxygen atoms in total. The van der Waals surface area contributed by atoms with Crippen LogP contribution in [0.25, 0.3) is 0 Å². The summed E-state index contributed by atoms with van der Waals surface area (Å²) in [6, 6.07) is 25.1. The van der Waals surface area contributed by atoms with Gasteiger partial charge in [-0.15, -0.1) is 0 Å². The molecule has 3 aliphatic rings. The van der Waals surface area contributed by atoms with Crippen LogP contribution >= 0.6 is 11.8 Å². The van der Waals surface area contributed by atoms with Gasteiger partial charge in [-0.2, -0.15) is 10.5 Å². The van der Waals surface area contributed by atoms with Gasteiger partial charge in [-0.25, -0.2) is 4.39 Å². The van der Waals surface area contributed by atoms with Crippen LogP contribution in [-0.2, 0) is 16.8 Å². The van der Waals surface area contributed by atoms with Crippen molar-refractivity contribution in [3.63, 3.8) is 0 Å². The lowest BCUT2D eigenvalue weighted by Gasteiger charge is -2.37. The van der Waals surface area contributed by atoms with Crippen molar-refractivity contribution in [2.45, 2.75) is 16.9 Å². The number of para-hydroxylation sites is 2. The molecule has 2 N–H and O–H groups in total. The van der Waals surface area contributed by atoms with Crippen LogP contribution in [0, 0.1) is 28.5 Å². The predicted molar refractivity (Wildman–Crippen MR) is 130 cm³/mol. The minimum atomic E-state index is -1.71. The molecule has 0 unspecified atom stereocenters. The van der Waals surface area contributed by atoms with Crippen molar-refractivity contribution in [3.05, 3.63) is 112 Å². The molecular formula is C27H16FN5OS. The molecule has 0 fully saturated rings. The van der Waals surface area contributed by atoms with E-state index in [-0.39, 0.29) is 23.5 Å². The van der Waals surface area contributed by atoms with Crippen LogP contribution in [-0.4, -0.2) is 5.91 Å². The van der Waals surface area contributed by atoms with Crippen LogP contribution in [0.2, 0.25) is 0 Å². The average Bonchev–Trinajstić information content (AvgIpc) is 3.37. The Bertz CT molecular complexity index is 1600. The summed E-state index contributed by atoms with van der Waals surface area (Å²) in [5.41, 5.74) is 7.10. The standard InChI is InChI=1S/C27H16FN5OS/c28-20-9-3-1-7-16(20)15-32-21-10-4-2-8-17(21)27(26(32)34)18(13-29)24(31)33-22-11-5-6-12-23(22)35-25(33)19(27)14-30/h1-12H,15,31H2/t27-/m0/s1. The highest BCUT2D eigenvalue weighted by Gasteiger charge is 2.61. The van der Waals surface area contributed by atoms with Gasteiger partial charge < -0.3 is 10.6 Å². The maximum Gasteiger partial charge on any atom is 0.248 e. The van der Waals surface area contributed by atoms with Crippen molar-refractivity contribution in [3.8, 4) is 12.1 Å². The zero-order chi connectivity index (χ0) is 24.3. The number of hydrogen-bond donors (Lipinski definition) is 1. The molecule has 35 heavy (non-hydrogen) atoms. The molecule has 0 bridgehead atoms. The average molecular weight is 478 g/mol. The number of amides is 1. The summed E-state index contributed by atoms with van der Waals surface area (Å²) < 4.78 is 14.6. The number of rotatable bonds is 2. The Morgan fingerprint density at radius 3 is 2.31 bits per heavy atom. The first-order valence-corrected chi connectivity index (χ1v) is 11.6. The summed E-state index contributed by atoms with van der Waals surface area (Å²) in [5, 5.41) is 21.3. The highest BCUT2D eigenvalue weighted by atomic mass is 32.2. The Balaban J connectivity index is 1.63. The molecule has 3 aromatic carbocycles. The topological polar surface area (TPSA) is 97.1 Å². The van der Waals surface area contributed by atoms with Gasteiger partial charge in [0.25, 0.3) is 0 Å². The van der Waals surface area contributed by atoms with E-state index in [0.717, 1.165) is 10.6 Å². The molecule has 6 rings (SSSR count). The van der Waals surface area contributed by atoms with Crippen LogP contribution in [0.1, 0.15) is 11.1 Å². The predicted octanol–water partition coefficient (Wildman–Crippen LogP) is 4.67. The second kappa shape index (κ2) is 7.49. The molecule has 0 saturated heterocycles. The van der Waals surface area contributed by atoms with E-state index >= 15 is 0 Å². The highest BCUT2D eigenvalue weighted by Crippen LogP contribution is 2.60. The lowest BCUT2D eigenvalue weighted by Crippen LogP contribution is -2.48. The largest absolute Gasteiger partial charge is 0.384 e. The molecule has 3 aliphatic heterocycles. The fourth-order valence-electron chi connectivity index (χ4n) is 5.14. The van der Waals surface area contributed by atoms with Gasteiger partial charge >= 0.3 is 0 Å². The van der Waals surface area contributed by atoms with E-state index < -0.39 is 17.1 Å². The molecule has 168 valence electrons. The third-order valence-corrected chi connectivity index (χ3v) is 7.80. The van der Waals surface area contributed by atoms with E-state index in [2.05, 4.69) is 12.1 Å². The lowest BCUT2D eigenvalue weighted by atomic mass is 9.68. The molecule has 8 heteroatoms. The first-order valence-electron chi connectivity index (χ1n) is 10.8. The third-order valence-electron chi connectivity index (χ3n) is 6.65. The number of nitrogens with zero attached hydrogens (tertiary/aromatic N) is 4. The molecule has 0 radical (unpaired) electrons. The minimum absolute atomic E-state index is 0.0106. The molecular weight excluding hydrogens is 461 g/mol. The molecule has 0 saturated carbocycles. The fourth-order valence-corrected chi connectivity index (χ4v) is 6.35. The molecule has 1 spiro atoms. The number of nitriles is 2. The molecule has 3 aromatic rings. The number of halogens is 1. The van der Waals surface area contributed by atoms with Crippen molar-refractivity contribution in [1.29, 1.82) is 10.5 Å². The number of carbonyl (C=O) groups excluding carboxylic acids is 1. The maximum atomic E-state index is 14.6. The van der Waals surface area contributed by atoms with Gasteiger partial charge in [0.1, 0.15) is 22.7 Å². The Morgan fingerprint density at radius 1 is 0.914 bits per heavy atom. The SMILES string of the molecule is N#CC1=C(N)N2C(=C(C#N)[C@@]13C(=O)N(Cc1ccccc1F)c1ccccc13)Sc1ccccc12. The van der Waals surface area contributed by atoms with Gasteiger partial charge in [0.15, 0.2) is 5.41 Å². The van der Waals surface area contributed by atoms with Gasteiger partial charge in [0.05, 0.1) is 29.4 Å². The Hall–Kier alpha value is -4.53. The number of fused-ring (bicyclic) bond motifs is 5. The van der Waals surface area contributed by atoms with E-state index in [1.54, 1.807) is 47.4 Å². The lowest BCUT2D eigenvalue weighted by molar-refractivity contribution is -0.120. The summed E-state index contributed by atoms with van der Waals surface area (Å²) in [4.78, 5) is 18.3. The summed E-state index contributed by atoms with van der Waals surface area (Å²) in [7, 11) is 0. The van der Waals surface area contributed by atoms with E-state index in [4.69, 9.17) is 5.73 Å². The maximum absolute atomic E-state index is 14.6. The summed E-state index contributed by atoms with van der Waals surface area (Å²) >= 11 is 1.34. The van der Waals surface area contributed by atoms with Gasteiger partial charge in [0.2, 0.25) is 5.91 Å². The van der Waals surface area contributed by atoms with Crippen molar-refractivity contribution >= 4 is 29.0 Å². The van der Waals surface area contributed by atoms with E-state index in [9.17, 15) is 19.7 Å². The van der Waals surface area contributed by atoms with E-state index in [0.29, 0.717) is 21.8 Å². The zero-order valence-corrected chi connectivity index (χ0v) is 19.0. The van der Waals surface area contributed by atoms with Crippen molar-refractivity contribution < 1.29 is 9.18 Å². The van der Waals surface area contributed by atoms with Crippen LogP contribution in [0.5, 0.6) is 0 Å². The van der Waals surface area contributed by atoms with Gasteiger partial charge in [0, 0.05) is 21.7 Å². The third kappa shape index (κ3) is 2.60. The van der Waals surface area contributed by atoms with E-state index in [1.165, 1.54) is 22.7 Å². The molecule has 3 heterocycles. The Morgan fingerprint density at radius 2 is 1.57 bits per heavy atom. The number of nitrogens with two attached hydrogens (primary N) is 1. The van der Waals surface area contributed by atoms with Crippen LogP contribution in [0.3, 0.4) is 0 Å². The zero-order valence-electron chi connectivity index (χ0n) is 18.2. The normalized spacial score (nSPS) is 20.0. The molecule has 1 atom stereocenters. The van der Waals surface area contributed by atoms with Gasteiger partial charge in [-0.05, 0) is 24.3 Å². The first kappa shape index (κ1) is 21.0. The summed E-state index contributed by atoms with van der Waals surface area (Å²) in [6.45, 7) is -0.0476. The summed E-state index contributed by atoms with van der Waals surface area (Å²) in [6.07, 6.45) is 0. The van der Waals surface area contributed by atoms with Crippen LogP contribution in [0.15, 0.2) is 99.7 Å². The van der Waals surface area contributed by atoms with Gasteiger partial charge in [-0.1, -0.05) is 60.3 Å². The Labute approximate surface area is 205 Å². The van der Waals surface area contributed by atoms with Gasteiger partial charge in [-0.3, -0.25) is 9.69 Å². The number of anilines is 2. The smallest absolute Gasteiger partial charge is 0.248 e. The molecule has 1 amide bonds. The quantitative estimate of drug-likeness (QED) is 0.576. The van der Waals surface area contributed by atoms with Crippen molar-refractivity contribution in [2.75, 3.05) is 9.80 Å². The second-order valence-corrected chi connectivity index (χ2v) is 9.35. The first-order chi connectivity index (χ1) is 17.0. The van der Waals surface area contributed by atoms with Crippen LogP contribution < -0.4 is 15.5 Å². The number of carbonyl (C=O) groups is 1. The fraction of sp³-hybridized carbons (Fsp3) is 0.0741. The summed E-state index contributed by atoms with van der Waals surface area (Å²) in [5.74, 6) is -0.832. The Kier molecular flexibility index (Phi) is 4.50. The van der Waals surface area contributed by atoms with Crippen molar-refractivity contribution in [1.82, 2.24) is 0 Å². The second-order valence-electron chi connectivity index (χ2n) is 8.32. The monoisotopic (exact) mass is 477 g/mol. The van der Waals surface area contributed by atoms with Crippen LogP contribution in [0.4, 0.5) is 15.8 Å². The minimum Gasteiger partial charge on any atom is -0.384 e. The molecule has 0 aromatic heterocycles. The van der Waals surface area contributed by atoms with Crippen molar-refractivity contribution in [2.24, 2.45) is 5.73 Å². The number of hydrogen-bond acceptors (Lipinski definition) is 6. The number of thioether (sulfide) groups is 1. The molecule has 0 aliphatic carbocycles. The highest BCUT2D eigenvalue weighted by molar-refractivity contribution is 8.03.